The molecule has 0 saturated heterocycles. The van der Waals surface area contributed by atoms with E-state index >= 15 is 0 Å². The number of carbonyl (C=O) groups is 3. The van der Waals surface area contributed by atoms with Crippen LogP contribution in [-0.2, 0) is 28.6 Å². The van der Waals surface area contributed by atoms with E-state index in [0.29, 0.717) is 19.3 Å². The summed E-state index contributed by atoms with van der Waals surface area (Å²) in [5.74, 6) is -0.864. The molecule has 0 aliphatic rings. The van der Waals surface area contributed by atoms with E-state index in [2.05, 4.69) is 81.5 Å². The van der Waals surface area contributed by atoms with E-state index < -0.39 is 6.10 Å². The van der Waals surface area contributed by atoms with Crippen LogP contribution in [0, 0.1) is 0 Å². The topological polar surface area (TPSA) is 78.9 Å². The predicted molar refractivity (Wildman–Crippen MR) is 302 cm³/mol. The largest absolute Gasteiger partial charge is 0.462 e. The molecular formula is C64H114O6. The van der Waals surface area contributed by atoms with Crippen molar-refractivity contribution in [3.63, 3.8) is 0 Å². The third-order valence-electron chi connectivity index (χ3n) is 13.3. The first kappa shape index (κ1) is 67.1. The van der Waals surface area contributed by atoms with E-state index in [4.69, 9.17) is 14.2 Å². The molecule has 6 nitrogen and oxygen atoms in total. The number of unbranched alkanes of at least 4 members (excludes halogenated alkanes) is 34. The maximum atomic E-state index is 12.8. The molecule has 1 atom stereocenters. The first-order valence-electron chi connectivity index (χ1n) is 30.3. The van der Waals surface area contributed by atoms with Gasteiger partial charge in [0.05, 0.1) is 0 Å². The second-order valence-corrected chi connectivity index (χ2v) is 20.2. The van der Waals surface area contributed by atoms with Crippen LogP contribution < -0.4 is 0 Å². The van der Waals surface area contributed by atoms with Crippen molar-refractivity contribution in [3.05, 3.63) is 60.8 Å². The molecule has 0 amide bonds. The lowest BCUT2D eigenvalue weighted by Crippen LogP contribution is -2.30. The summed E-state index contributed by atoms with van der Waals surface area (Å²) in [6.07, 6.45) is 74.1. The number of rotatable bonds is 55. The van der Waals surface area contributed by atoms with Crippen molar-refractivity contribution in [2.75, 3.05) is 13.2 Å². The Labute approximate surface area is 434 Å². The average Bonchev–Trinajstić information content (AvgIpc) is 3.36. The molecule has 0 aliphatic carbocycles. The zero-order valence-electron chi connectivity index (χ0n) is 46.5. The summed E-state index contributed by atoms with van der Waals surface area (Å²) >= 11 is 0. The standard InChI is InChI=1S/C64H114O6/c1-4-7-10-13-16-18-20-22-23-24-25-26-27-28-29-30-31-32-33-34-35-36-37-38-39-40-41-43-44-46-48-51-54-57-63(66)69-60-61(59-68-62(65)56-53-50-15-12-9-6-3)70-64(67)58-55-52-49-47-45-42-21-19-17-14-11-8-5-2/h7,10,16,18,22-23,25-26,28-29,61H,4-6,8-9,11-15,17,19-21,24,27,30-60H2,1-3H3/b10-7-,18-16-,23-22-,26-25-,29-28-. The molecule has 0 N–H and O–H groups in total. The molecule has 406 valence electrons. The third kappa shape index (κ3) is 56.0. The summed E-state index contributed by atoms with van der Waals surface area (Å²) in [5.41, 5.74) is 0. The van der Waals surface area contributed by atoms with Gasteiger partial charge in [0.15, 0.2) is 6.10 Å². The summed E-state index contributed by atoms with van der Waals surface area (Å²) in [5, 5.41) is 0. The van der Waals surface area contributed by atoms with Gasteiger partial charge >= 0.3 is 17.9 Å². The maximum Gasteiger partial charge on any atom is 0.306 e. The Hall–Kier alpha value is -2.89. The Morgan fingerprint density at radius 3 is 0.871 bits per heavy atom. The number of ether oxygens (including phenoxy) is 3. The van der Waals surface area contributed by atoms with Gasteiger partial charge in [-0.25, -0.2) is 0 Å². The van der Waals surface area contributed by atoms with E-state index in [1.807, 2.05) is 0 Å². The second kappa shape index (κ2) is 58.7. The lowest BCUT2D eigenvalue weighted by Gasteiger charge is -2.18. The maximum absolute atomic E-state index is 12.8. The number of carbonyl (C=O) groups excluding carboxylic acids is 3. The van der Waals surface area contributed by atoms with Gasteiger partial charge in [0.1, 0.15) is 13.2 Å². The molecule has 0 aromatic rings. The van der Waals surface area contributed by atoms with Crippen molar-refractivity contribution in [2.24, 2.45) is 0 Å². The highest BCUT2D eigenvalue weighted by molar-refractivity contribution is 5.71. The summed E-state index contributed by atoms with van der Waals surface area (Å²) in [7, 11) is 0. The summed E-state index contributed by atoms with van der Waals surface area (Å²) in [4.78, 5) is 37.8. The van der Waals surface area contributed by atoms with Crippen LogP contribution in [-0.4, -0.2) is 37.2 Å². The molecule has 0 saturated carbocycles. The number of esters is 3. The lowest BCUT2D eigenvalue weighted by atomic mass is 10.0. The molecule has 70 heavy (non-hydrogen) atoms. The summed E-state index contributed by atoms with van der Waals surface area (Å²) < 4.78 is 16.8. The Balaban J connectivity index is 3.94. The van der Waals surface area contributed by atoms with Gasteiger partial charge in [0, 0.05) is 19.3 Å². The van der Waals surface area contributed by atoms with Gasteiger partial charge in [-0.1, -0.05) is 287 Å². The third-order valence-corrected chi connectivity index (χ3v) is 13.3. The van der Waals surface area contributed by atoms with Gasteiger partial charge in [-0.3, -0.25) is 14.4 Å². The summed E-state index contributed by atoms with van der Waals surface area (Å²) in [6.45, 7) is 6.49. The van der Waals surface area contributed by atoms with Crippen LogP contribution >= 0.6 is 0 Å². The Kier molecular flexibility index (Phi) is 56.3. The zero-order chi connectivity index (χ0) is 50.7. The highest BCUT2D eigenvalue weighted by Gasteiger charge is 2.19. The van der Waals surface area contributed by atoms with E-state index in [-0.39, 0.29) is 31.1 Å². The fourth-order valence-corrected chi connectivity index (χ4v) is 8.77. The monoisotopic (exact) mass is 979 g/mol. The summed E-state index contributed by atoms with van der Waals surface area (Å²) in [6, 6.07) is 0. The molecule has 0 fully saturated rings. The minimum atomic E-state index is -0.765. The minimum absolute atomic E-state index is 0.0685. The average molecular weight is 980 g/mol. The fourth-order valence-electron chi connectivity index (χ4n) is 8.77. The van der Waals surface area contributed by atoms with Crippen molar-refractivity contribution < 1.29 is 28.6 Å². The van der Waals surface area contributed by atoms with Crippen LogP contribution in [0.5, 0.6) is 0 Å². The van der Waals surface area contributed by atoms with Crippen molar-refractivity contribution in [1.29, 1.82) is 0 Å². The quantitative estimate of drug-likeness (QED) is 0.0261. The van der Waals surface area contributed by atoms with Crippen LogP contribution in [0.4, 0.5) is 0 Å². The van der Waals surface area contributed by atoms with Crippen LogP contribution in [0.3, 0.4) is 0 Å². The van der Waals surface area contributed by atoms with E-state index in [9.17, 15) is 14.4 Å². The molecule has 1 unspecified atom stereocenters. The molecule has 0 bridgehead atoms. The molecule has 0 radical (unpaired) electrons. The smallest absolute Gasteiger partial charge is 0.306 e. The predicted octanol–water partition coefficient (Wildman–Crippen LogP) is 20.4. The van der Waals surface area contributed by atoms with Crippen LogP contribution in [0.25, 0.3) is 0 Å². The normalized spacial score (nSPS) is 12.4. The number of allylic oxidation sites excluding steroid dienone is 10. The first-order valence-corrected chi connectivity index (χ1v) is 30.3. The van der Waals surface area contributed by atoms with Gasteiger partial charge in [-0.15, -0.1) is 0 Å². The molecule has 0 aromatic heterocycles. The molecule has 0 aromatic carbocycles. The molecule has 0 aliphatic heterocycles. The van der Waals surface area contributed by atoms with Crippen LogP contribution in [0.15, 0.2) is 60.8 Å². The van der Waals surface area contributed by atoms with Gasteiger partial charge in [-0.05, 0) is 64.2 Å². The number of hydrogen-bond donors (Lipinski definition) is 0. The molecule has 0 heterocycles. The lowest BCUT2D eigenvalue weighted by molar-refractivity contribution is -0.167. The highest BCUT2D eigenvalue weighted by atomic mass is 16.6. The van der Waals surface area contributed by atoms with Gasteiger partial charge < -0.3 is 14.2 Å². The van der Waals surface area contributed by atoms with Gasteiger partial charge in [0.2, 0.25) is 0 Å². The molecule has 0 spiro atoms. The van der Waals surface area contributed by atoms with Crippen molar-refractivity contribution in [3.8, 4) is 0 Å². The van der Waals surface area contributed by atoms with Crippen molar-refractivity contribution >= 4 is 17.9 Å². The van der Waals surface area contributed by atoms with Gasteiger partial charge in [0.25, 0.3) is 0 Å². The van der Waals surface area contributed by atoms with Crippen LogP contribution in [0.2, 0.25) is 0 Å². The Morgan fingerprint density at radius 2 is 0.557 bits per heavy atom. The van der Waals surface area contributed by atoms with Crippen LogP contribution in [0.1, 0.15) is 310 Å². The van der Waals surface area contributed by atoms with Crippen molar-refractivity contribution in [1.82, 2.24) is 0 Å². The molecule has 6 heteroatoms. The Morgan fingerprint density at radius 1 is 0.300 bits per heavy atom. The fraction of sp³-hybridized carbons (Fsp3) is 0.797. The highest BCUT2D eigenvalue weighted by Crippen LogP contribution is 2.17. The van der Waals surface area contributed by atoms with E-state index in [0.717, 1.165) is 89.9 Å². The van der Waals surface area contributed by atoms with E-state index in [1.54, 1.807) is 0 Å². The van der Waals surface area contributed by atoms with Crippen molar-refractivity contribution in [2.45, 2.75) is 316 Å². The second-order valence-electron chi connectivity index (χ2n) is 20.2. The minimum Gasteiger partial charge on any atom is -0.462 e. The SMILES string of the molecule is CC/C=C\C/C=C\C/C=C\C/C=C\C/C=C\CCCCCCCCCCCCCCCCCCCC(=O)OCC(COC(=O)CCCCCCCC)OC(=O)CCCCCCCCCCCCCCC. The first-order chi connectivity index (χ1) is 34.5. The Bertz CT molecular complexity index is 1260. The zero-order valence-corrected chi connectivity index (χ0v) is 46.5. The van der Waals surface area contributed by atoms with Gasteiger partial charge in [-0.2, -0.15) is 0 Å². The number of hydrogen-bond acceptors (Lipinski definition) is 6. The molecule has 0 rings (SSSR count). The van der Waals surface area contributed by atoms with E-state index in [1.165, 1.54) is 180 Å². The molecular weight excluding hydrogens is 865 g/mol.